The average Bonchev–Trinajstić information content (AvgIpc) is 3.30. The zero-order valence-corrected chi connectivity index (χ0v) is 19.1. The van der Waals surface area contributed by atoms with Crippen molar-refractivity contribution in [3.63, 3.8) is 0 Å². The van der Waals surface area contributed by atoms with E-state index < -0.39 is 0 Å². The largest absolute Gasteiger partial charge is 0.439 e. The number of aromatic nitrogens is 2. The fourth-order valence-corrected chi connectivity index (χ4v) is 4.54. The highest BCUT2D eigenvalue weighted by Crippen LogP contribution is 2.35. The highest BCUT2D eigenvalue weighted by Gasteiger charge is 2.18. The van der Waals surface area contributed by atoms with E-state index >= 15 is 0 Å². The van der Waals surface area contributed by atoms with Gasteiger partial charge in [-0.2, -0.15) is 4.98 Å². The smallest absolute Gasteiger partial charge is 0.280 e. The van der Waals surface area contributed by atoms with E-state index in [-0.39, 0.29) is 17.9 Å². The molecule has 0 unspecified atom stereocenters. The number of hydrogen-bond donors (Lipinski definition) is 3. The Morgan fingerprint density at radius 2 is 1.97 bits per heavy atom. The minimum Gasteiger partial charge on any atom is -0.439 e. The minimum absolute atomic E-state index is 0.0414. The summed E-state index contributed by atoms with van der Waals surface area (Å²) >= 11 is 1.38. The lowest BCUT2D eigenvalue weighted by Crippen LogP contribution is -2.55. The van der Waals surface area contributed by atoms with Crippen molar-refractivity contribution in [1.82, 2.24) is 9.97 Å². The summed E-state index contributed by atoms with van der Waals surface area (Å²) in [4.78, 5) is 34.8. The Hall–Kier alpha value is -3.80. The van der Waals surface area contributed by atoms with Crippen LogP contribution < -0.4 is 26.7 Å². The van der Waals surface area contributed by atoms with Crippen molar-refractivity contribution in [2.24, 2.45) is 0 Å². The molecule has 1 aliphatic rings. The summed E-state index contributed by atoms with van der Waals surface area (Å²) in [5.41, 5.74) is 6.68. The molecule has 0 aliphatic carbocycles. The molecule has 5 N–H and O–H groups in total. The summed E-state index contributed by atoms with van der Waals surface area (Å²) < 4.78 is 12.2. The van der Waals surface area contributed by atoms with Crippen molar-refractivity contribution in [2.75, 3.05) is 48.4 Å². The van der Waals surface area contributed by atoms with Crippen molar-refractivity contribution in [3.05, 3.63) is 58.2 Å². The molecule has 1 aliphatic heterocycles. The zero-order valence-electron chi connectivity index (χ0n) is 18.2. The van der Waals surface area contributed by atoms with Crippen LogP contribution in [0.2, 0.25) is 0 Å². The van der Waals surface area contributed by atoms with Gasteiger partial charge in [-0.25, -0.2) is 4.98 Å². The maximum atomic E-state index is 12.7. The van der Waals surface area contributed by atoms with Crippen LogP contribution in [-0.4, -0.2) is 48.7 Å². The molecule has 11 heteroatoms. The average molecular weight is 480 g/mol. The van der Waals surface area contributed by atoms with Gasteiger partial charge in [-0.1, -0.05) is 12.1 Å². The molecule has 34 heavy (non-hydrogen) atoms. The van der Waals surface area contributed by atoms with Crippen LogP contribution in [-0.2, 0) is 9.53 Å². The van der Waals surface area contributed by atoms with Crippen LogP contribution >= 0.6 is 11.3 Å². The standard InChI is InChI=1S/C23H22N6O4S/c24-12-19(31)27-18-5-6-25-23(28-18)26-15-3-1-14(2-4-15)16-13-34-22-17(30)11-20(33-21(16)22)29-7-9-32-10-8-29/h1-6,11,13H,7-10,12,24H2,(H2,25,26,27,28,31)/p+1. The number of morpholine rings is 1. The Kier molecular flexibility index (Phi) is 6.21. The van der Waals surface area contributed by atoms with Crippen LogP contribution in [0.3, 0.4) is 0 Å². The van der Waals surface area contributed by atoms with Crippen molar-refractivity contribution in [3.8, 4) is 11.1 Å². The molecule has 0 bridgehead atoms. The molecule has 10 nitrogen and oxygen atoms in total. The minimum atomic E-state index is -0.222. The van der Waals surface area contributed by atoms with Crippen molar-refractivity contribution in [1.29, 1.82) is 0 Å². The second-order valence-electron chi connectivity index (χ2n) is 7.62. The number of thiophene rings is 1. The van der Waals surface area contributed by atoms with Crippen molar-refractivity contribution >= 4 is 50.9 Å². The number of amides is 1. The van der Waals surface area contributed by atoms with Crippen LogP contribution in [0, 0.1) is 0 Å². The number of carbonyl (C=O) groups is 1. The first-order valence-corrected chi connectivity index (χ1v) is 11.7. The van der Waals surface area contributed by atoms with Gasteiger partial charge in [0.05, 0.1) is 13.2 Å². The predicted octanol–water partition coefficient (Wildman–Crippen LogP) is 2.07. The van der Waals surface area contributed by atoms with Gasteiger partial charge >= 0.3 is 0 Å². The van der Waals surface area contributed by atoms with Gasteiger partial charge in [-0.05, 0) is 23.8 Å². The summed E-state index contributed by atoms with van der Waals surface area (Å²) in [6, 6.07) is 10.9. The van der Waals surface area contributed by atoms with Gasteiger partial charge in [0.2, 0.25) is 11.4 Å². The molecule has 5 rings (SSSR count). The number of rotatable bonds is 6. The van der Waals surface area contributed by atoms with Crippen LogP contribution in [0.1, 0.15) is 0 Å². The fourth-order valence-electron chi connectivity index (χ4n) is 3.63. The number of fused-ring (bicyclic) bond motifs is 1. The van der Waals surface area contributed by atoms with Gasteiger partial charge in [0.15, 0.2) is 18.0 Å². The number of quaternary nitrogens is 1. The molecule has 1 amide bonds. The van der Waals surface area contributed by atoms with Crippen molar-refractivity contribution < 1.29 is 19.7 Å². The topological polar surface area (TPSA) is 137 Å². The third-order valence-corrected chi connectivity index (χ3v) is 6.33. The maximum Gasteiger partial charge on any atom is 0.280 e. The maximum absolute atomic E-state index is 12.7. The Morgan fingerprint density at radius 3 is 2.74 bits per heavy atom. The Labute approximate surface area is 198 Å². The van der Waals surface area contributed by atoms with Gasteiger partial charge in [0.1, 0.15) is 10.5 Å². The molecule has 174 valence electrons. The first-order chi connectivity index (χ1) is 16.6. The Bertz CT molecular complexity index is 1380. The van der Waals surface area contributed by atoms with E-state index in [4.69, 9.17) is 9.15 Å². The molecule has 1 fully saturated rings. The molecule has 4 aromatic rings. The van der Waals surface area contributed by atoms with E-state index in [0.717, 1.165) is 16.8 Å². The molecule has 0 saturated carbocycles. The Balaban J connectivity index is 1.39. The van der Waals surface area contributed by atoms with Crippen LogP contribution in [0.4, 0.5) is 23.3 Å². The molecule has 0 atom stereocenters. The number of anilines is 4. The van der Waals surface area contributed by atoms with Gasteiger partial charge in [0.25, 0.3) is 5.91 Å². The second kappa shape index (κ2) is 9.59. The summed E-state index contributed by atoms with van der Waals surface area (Å²) in [5.74, 6) is 1.11. The molecule has 3 aromatic heterocycles. The van der Waals surface area contributed by atoms with E-state index in [9.17, 15) is 9.59 Å². The van der Waals surface area contributed by atoms with Crippen LogP contribution in [0.25, 0.3) is 21.4 Å². The molecule has 1 saturated heterocycles. The van der Waals surface area contributed by atoms with Crippen molar-refractivity contribution in [2.45, 2.75) is 0 Å². The highest BCUT2D eigenvalue weighted by atomic mass is 32.1. The number of nitrogens with zero attached hydrogens (tertiary/aromatic N) is 3. The number of benzene rings is 1. The summed E-state index contributed by atoms with van der Waals surface area (Å²) in [6.07, 6.45) is 1.56. The first-order valence-electron chi connectivity index (χ1n) is 10.8. The lowest BCUT2D eigenvalue weighted by atomic mass is 10.1. The molecular weight excluding hydrogens is 456 g/mol. The van der Waals surface area contributed by atoms with Crippen LogP contribution in [0.5, 0.6) is 0 Å². The number of hydrogen-bond acceptors (Lipinski definition) is 9. The third-order valence-electron chi connectivity index (χ3n) is 5.36. The zero-order chi connectivity index (χ0) is 23.5. The SMILES string of the molecule is [NH3+]CC(=O)Nc1ccnc(Nc2ccc(-c3csc4c(=O)cc(N5CCOCC5)oc34)cc2)n1. The molecule has 0 spiro atoms. The summed E-state index contributed by atoms with van der Waals surface area (Å²) in [5, 5.41) is 7.73. The monoisotopic (exact) mass is 479 g/mol. The van der Waals surface area contributed by atoms with Gasteiger partial charge < -0.3 is 30.4 Å². The highest BCUT2D eigenvalue weighted by molar-refractivity contribution is 7.17. The fraction of sp³-hybridized carbons (Fsp3) is 0.217. The first kappa shape index (κ1) is 22.0. The number of ether oxygens (including phenoxy) is 1. The quantitative estimate of drug-likeness (QED) is 0.382. The second-order valence-corrected chi connectivity index (χ2v) is 8.50. The van der Waals surface area contributed by atoms with E-state index in [1.807, 2.05) is 34.5 Å². The predicted molar refractivity (Wildman–Crippen MR) is 131 cm³/mol. The van der Waals surface area contributed by atoms with Gasteiger partial charge in [-0.3, -0.25) is 9.59 Å². The van der Waals surface area contributed by atoms with Crippen LogP contribution in [0.15, 0.2) is 57.2 Å². The van der Waals surface area contributed by atoms with Gasteiger partial charge in [-0.15, -0.1) is 11.3 Å². The lowest BCUT2D eigenvalue weighted by molar-refractivity contribution is -0.353. The van der Waals surface area contributed by atoms with E-state index in [1.54, 1.807) is 18.3 Å². The van der Waals surface area contributed by atoms with Gasteiger partial charge in [0, 0.05) is 42.0 Å². The third kappa shape index (κ3) is 4.62. The lowest BCUT2D eigenvalue weighted by Gasteiger charge is -2.27. The van der Waals surface area contributed by atoms with E-state index in [2.05, 4.69) is 26.3 Å². The molecule has 4 heterocycles. The molecule has 1 aromatic carbocycles. The molecular formula is C23H23N6O4S+. The number of carbonyl (C=O) groups excluding carboxylic acids is 1. The number of nitrogens with one attached hydrogen (secondary N) is 2. The summed E-state index contributed by atoms with van der Waals surface area (Å²) in [7, 11) is 0. The normalized spacial score (nSPS) is 13.7. The Morgan fingerprint density at radius 1 is 1.18 bits per heavy atom. The molecule has 0 radical (unpaired) electrons. The van der Waals surface area contributed by atoms with E-state index in [0.29, 0.717) is 54.2 Å². The summed E-state index contributed by atoms with van der Waals surface area (Å²) in [6.45, 7) is 2.73. The van der Waals surface area contributed by atoms with E-state index in [1.165, 1.54) is 11.3 Å².